The Morgan fingerprint density at radius 3 is 2.65 bits per heavy atom. The monoisotopic (exact) mass is 441 g/mol. The molecule has 0 atom stereocenters. The number of aliphatic imine (C=N–C) groups is 1. The van der Waals surface area contributed by atoms with Gasteiger partial charge in [0.05, 0.1) is 6.54 Å². The van der Waals surface area contributed by atoms with E-state index in [1.165, 1.54) is 12.4 Å². The summed E-state index contributed by atoms with van der Waals surface area (Å²) in [5.41, 5.74) is 0.346. The van der Waals surface area contributed by atoms with Crippen molar-refractivity contribution in [3.63, 3.8) is 0 Å². The minimum atomic E-state index is -2.57. The van der Waals surface area contributed by atoms with E-state index in [0.29, 0.717) is 11.2 Å². The number of nitrogens with one attached hydrogen (secondary N) is 1. The third kappa shape index (κ3) is 4.54. The highest BCUT2D eigenvalue weighted by Crippen LogP contribution is 2.36. The van der Waals surface area contributed by atoms with Crippen LogP contribution in [0.4, 0.5) is 8.78 Å². The third-order valence-corrected chi connectivity index (χ3v) is 4.81. The molecule has 0 amide bonds. The number of halogens is 3. The quantitative estimate of drug-likeness (QED) is 0.433. The number of imidazole rings is 1. The first-order valence-corrected chi connectivity index (χ1v) is 7.80. The predicted octanol–water partition coefficient (Wildman–Crippen LogP) is 3.48. The van der Waals surface area contributed by atoms with Crippen molar-refractivity contribution in [1.29, 1.82) is 0 Å². The van der Waals surface area contributed by atoms with Gasteiger partial charge in [0, 0.05) is 32.5 Å². The number of nitrogens with zero attached hydrogens (tertiary/aromatic N) is 4. The van der Waals surface area contributed by atoms with E-state index in [2.05, 4.69) is 34.0 Å². The summed E-state index contributed by atoms with van der Waals surface area (Å²) in [7, 11) is 1.72. The minimum absolute atomic E-state index is 0. The summed E-state index contributed by atoms with van der Waals surface area (Å²) in [5, 5.41) is 3.15. The number of aromatic nitrogens is 2. The normalized spacial score (nSPS) is 17.5. The summed E-state index contributed by atoms with van der Waals surface area (Å²) in [4.78, 5) is 10.5. The Morgan fingerprint density at radius 2 is 2.13 bits per heavy atom. The van der Waals surface area contributed by atoms with Gasteiger partial charge in [0.15, 0.2) is 5.96 Å². The van der Waals surface area contributed by atoms with Gasteiger partial charge in [-0.15, -0.1) is 24.0 Å². The minimum Gasteiger partial charge on any atom is -0.349 e. The molecule has 1 aromatic rings. The van der Waals surface area contributed by atoms with E-state index in [4.69, 9.17) is 0 Å². The number of rotatable bonds is 5. The number of alkyl halides is 2. The Labute approximate surface area is 153 Å². The smallest absolute Gasteiger partial charge is 0.319 e. The fourth-order valence-corrected chi connectivity index (χ4v) is 3.09. The second-order valence-electron chi connectivity index (χ2n) is 5.81. The van der Waals surface area contributed by atoms with E-state index < -0.39 is 6.55 Å². The fourth-order valence-electron chi connectivity index (χ4n) is 3.09. The second kappa shape index (κ2) is 8.79. The van der Waals surface area contributed by atoms with E-state index in [-0.39, 0.29) is 30.5 Å². The molecule has 0 aliphatic carbocycles. The molecular weight excluding hydrogens is 415 g/mol. The van der Waals surface area contributed by atoms with Gasteiger partial charge in [0.2, 0.25) is 0 Å². The summed E-state index contributed by atoms with van der Waals surface area (Å²) in [5.74, 6) is 1.07. The maximum atomic E-state index is 12.8. The molecule has 2 rings (SSSR count). The van der Waals surface area contributed by atoms with E-state index in [1.807, 2.05) is 0 Å². The molecule has 0 radical (unpaired) electrons. The Bertz CT molecular complexity index is 514. The Balaban J connectivity index is 0.00000264. The summed E-state index contributed by atoms with van der Waals surface area (Å²) in [6.45, 7) is 4.03. The van der Waals surface area contributed by atoms with Gasteiger partial charge >= 0.3 is 6.55 Å². The van der Waals surface area contributed by atoms with Crippen LogP contribution in [0, 0.1) is 5.41 Å². The molecule has 8 heteroatoms. The highest BCUT2D eigenvalue weighted by atomic mass is 127. The zero-order chi connectivity index (χ0) is 16.2. The van der Waals surface area contributed by atoms with E-state index >= 15 is 0 Å². The average Bonchev–Trinajstić information content (AvgIpc) is 3.15. The molecule has 23 heavy (non-hydrogen) atoms. The first-order valence-electron chi connectivity index (χ1n) is 7.80. The molecule has 1 aliphatic rings. The molecule has 1 saturated heterocycles. The molecule has 0 unspecified atom stereocenters. The number of hydrogen-bond donors (Lipinski definition) is 1. The van der Waals surface area contributed by atoms with Crippen LogP contribution in [0.25, 0.3) is 0 Å². The van der Waals surface area contributed by atoms with Crippen molar-refractivity contribution in [2.45, 2.75) is 46.2 Å². The molecule has 1 aromatic heterocycles. The summed E-state index contributed by atoms with van der Waals surface area (Å²) < 4.78 is 26.5. The summed E-state index contributed by atoms with van der Waals surface area (Å²) in [6.07, 6.45) is 6.12. The van der Waals surface area contributed by atoms with Crippen molar-refractivity contribution >= 4 is 29.9 Å². The van der Waals surface area contributed by atoms with Crippen LogP contribution in [0.2, 0.25) is 0 Å². The first-order chi connectivity index (χ1) is 10.5. The zero-order valence-electron chi connectivity index (χ0n) is 13.9. The molecule has 0 bridgehead atoms. The van der Waals surface area contributed by atoms with Crippen molar-refractivity contribution in [2.24, 2.45) is 10.4 Å². The molecule has 132 valence electrons. The van der Waals surface area contributed by atoms with Gasteiger partial charge in [-0.25, -0.2) is 4.98 Å². The second-order valence-corrected chi connectivity index (χ2v) is 5.81. The lowest BCUT2D eigenvalue weighted by Crippen LogP contribution is -2.41. The van der Waals surface area contributed by atoms with Crippen molar-refractivity contribution in [1.82, 2.24) is 19.8 Å². The highest BCUT2D eigenvalue weighted by Gasteiger charge is 2.36. The maximum Gasteiger partial charge on any atom is 0.319 e. The molecule has 0 saturated carbocycles. The first kappa shape index (κ1) is 20.1. The van der Waals surface area contributed by atoms with Crippen LogP contribution in [0.15, 0.2) is 17.4 Å². The SMILES string of the molecule is CCC1(CC)CCN(C(=NC)NCc2nccn2C(F)F)C1.I. The van der Waals surface area contributed by atoms with Crippen molar-refractivity contribution in [3.05, 3.63) is 18.2 Å². The predicted molar refractivity (Wildman–Crippen MR) is 98.3 cm³/mol. The molecular formula is C15H26F2IN5. The summed E-state index contributed by atoms with van der Waals surface area (Å²) in [6, 6.07) is 0. The number of guanidine groups is 1. The molecule has 1 aliphatic heterocycles. The van der Waals surface area contributed by atoms with Crippen LogP contribution in [0.3, 0.4) is 0 Å². The van der Waals surface area contributed by atoms with Gasteiger partial charge in [-0.1, -0.05) is 13.8 Å². The molecule has 1 N–H and O–H groups in total. The Morgan fingerprint density at radius 1 is 1.43 bits per heavy atom. The number of hydrogen-bond acceptors (Lipinski definition) is 2. The molecule has 0 spiro atoms. The molecule has 0 aromatic carbocycles. The van der Waals surface area contributed by atoms with Crippen molar-refractivity contribution in [2.75, 3.05) is 20.1 Å². The third-order valence-electron chi connectivity index (χ3n) is 4.81. The standard InChI is InChI=1S/C15H25F2N5.HI/c1-4-15(5-2)6-8-21(11-15)14(18-3)20-10-12-19-7-9-22(12)13(16)17;/h7,9,13H,4-6,8,10-11H2,1-3H3,(H,18,20);1H. The van der Waals surface area contributed by atoms with E-state index in [1.54, 1.807) is 7.05 Å². The lowest BCUT2D eigenvalue weighted by Gasteiger charge is -2.28. The molecule has 5 nitrogen and oxygen atoms in total. The van der Waals surface area contributed by atoms with Crippen LogP contribution in [0.5, 0.6) is 0 Å². The van der Waals surface area contributed by atoms with Crippen LogP contribution >= 0.6 is 24.0 Å². The van der Waals surface area contributed by atoms with E-state index in [9.17, 15) is 8.78 Å². The zero-order valence-corrected chi connectivity index (χ0v) is 16.3. The lowest BCUT2D eigenvalue weighted by atomic mass is 9.82. The lowest BCUT2D eigenvalue weighted by molar-refractivity contribution is 0.0668. The van der Waals surface area contributed by atoms with Gasteiger partial charge in [-0.05, 0) is 24.7 Å². The maximum absolute atomic E-state index is 12.8. The summed E-state index contributed by atoms with van der Waals surface area (Å²) >= 11 is 0. The highest BCUT2D eigenvalue weighted by molar-refractivity contribution is 14.0. The number of likely N-dealkylation sites (tertiary alicyclic amines) is 1. The molecule has 1 fully saturated rings. The van der Waals surface area contributed by atoms with Crippen LogP contribution in [0.1, 0.15) is 45.5 Å². The Kier molecular flexibility index (Phi) is 7.69. The van der Waals surface area contributed by atoms with Crippen molar-refractivity contribution in [3.8, 4) is 0 Å². The van der Waals surface area contributed by atoms with Gasteiger partial charge in [0.25, 0.3) is 0 Å². The van der Waals surface area contributed by atoms with Gasteiger partial charge in [0.1, 0.15) is 5.82 Å². The fraction of sp³-hybridized carbons (Fsp3) is 0.733. The largest absolute Gasteiger partial charge is 0.349 e. The average molecular weight is 441 g/mol. The van der Waals surface area contributed by atoms with Gasteiger partial charge in [-0.3, -0.25) is 9.56 Å². The van der Waals surface area contributed by atoms with Crippen molar-refractivity contribution < 1.29 is 8.78 Å². The van der Waals surface area contributed by atoms with Crippen LogP contribution in [-0.2, 0) is 6.54 Å². The van der Waals surface area contributed by atoms with Gasteiger partial charge in [-0.2, -0.15) is 8.78 Å². The van der Waals surface area contributed by atoms with Crippen LogP contribution < -0.4 is 5.32 Å². The Hall–Kier alpha value is -0.930. The van der Waals surface area contributed by atoms with Gasteiger partial charge < -0.3 is 10.2 Å². The topological polar surface area (TPSA) is 45.4 Å². The van der Waals surface area contributed by atoms with E-state index in [0.717, 1.165) is 42.9 Å². The van der Waals surface area contributed by atoms with Crippen LogP contribution in [-0.4, -0.2) is 40.5 Å². The molecule has 2 heterocycles.